The third-order valence-corrected chi connectivity index (χ3v) is 3.39. The Kier molecular flexibility index (Phi) is 3.66. The molecule has 2 saturated heterocycles. The number of carbonyl (C=O) groups excluding carboxylic acids is 2. The van der Waals surface area contributed by atoms with Gasteiger partial charge in [-0.05, 0) is 18.8 Å². The molecule has 17 heavy (non-hydrogen) atoms. The SMILES string of the molecule is CC(C)C1C(=O)NCC(=O)N1CC1CCCO1. The van der Waals surface area contributed by atoms with Crippen LogP contribution in [0.5, 0.6) is 0 Å². The second kappa shape index (κ2) is 5.04. The van der Waals surface area contributed by atoms with E-state index in [1.807, 2.05) is 13.8 Å². The fourth-order valence-corrected chi connectivity index (χ4v) is 2.55. The molecule has 0 aliphatic carbocycles. The number of nitrogens with one attached hydrogen (secondary N) is 1. The summed E-state index contributed by atoms with van der Waals surface area (Å²) >= 11 is 0. The van der Waals surface area contributed by atoms with Crippen molar-refractivity contribution >= 4 is 11.8 Å². The van der Waals surface area contributed by atoms with Crippen LogP contribution in [-0.2, 0) is 14.3 Å². The van der Waals surface area contributed by atoms with Gasteiger partial charge in [0.15, 0.2) is 0 Å². The van der Waals surface area contributed by atoms with Crippen molar-refractivity contribution in [1.82, 2.24) is 10.2 Å². The molecule has 2 heterocycles. The molecule has 5 nitrogen and oxygen atoms in total. The van der Waals surface area contributed by atoms with Gasteiger partial charge < -0.3 is 15.0 Å². The van der Waals surface area contributed by atoms with Crippen LogP contribution in [0.15, 0.2) is 0 Å². The van der Waals surface area contributed by atoms with Crippen LogP contribution in [0.3, 0.4) is 0 Å². The lowest BCUT2D eigenvalue weighted by Gasteiger charge is -2.38. The molecular weight excluding hydrogens is 220 g/mol. The lowest BCUT2D eigenvalue weighted by Crippen LogP contribution is -2.61. The Morgan fingerprint density at radius 2 is 2.24 bits per heavy atom. The molecule has 2 unspecified atom stereocenters. The van der Waals surface area contributed by atoms with Crippen molar-refractivity contribution in [2.24, 2.45) is 5.92 Å². The summed E-state index contributed by atoms with van der Waals surface area (Å²) in [5.74, 6) is 0.0806. The quantitative estimate of drug-likeness (QED) is 0.764. The zero-order valence-electron chi connectivity index (χ0n) is 10.4. The number of nitrogens with zero attached hydrogens (tertiary/aromatic N) is 1. The van der Waals surface area contributed by atoms with Gasteiger partial charge >= 0.3 is 0 Å². The van der Waals surface area contributed by atoms with Gasteiger partial charge in [-0.1, -0.05) is 13.8 Å². The Hall–Kier alpha value is -1.10. The second-order valence-corrected chi connectivity index (χ2v) is 5.09. The summed E-state index contributed by atoms with van der Waals surface area (Å²) in [5, 5.41) is 2.65. The van der Waals surface area contributed by atoms with Crippen molar-refractivity contribution in [3.8, 4) is 0 Å². The maximum Gasteiger partial charge on any atom is 0.243 e. The summed E-state index contributed by atoms with van der Waals surface area (Å²) in [4.78, 5) is 25.4. The Balaban J connectivity index is 2.07. The smallest absolute Gasteiger partial charge is 0.243 e. The van der Waals surface area contributed by atoms with Gasteiger partial charge in [-0.3, -0.25) is 9.59 Å². The summed E-state index contributed by atoms with van der Waals surface area (Å²) in [5.41, 5.74) is 0. The third-order valence-electron chi connectivity index (χ3n) is 3.39. The lowest BCUT2D eigenvalue weighted by molar-refractivity contribution is -0.149. The van der Waals surface area contributed by atoms with Crippen LogP contribution in [0.2, 0.25) is 0 Å². The molecule has 0 radical (unpaired) electrons. The van der Waals surface area contributed by atoms with E-state index in [0.29, 0.717) is 6.54 Å². The van der Waals surface area contributed by atoms with Gasteiger partial charge in [-0.25, -0.2) is 0 Å². The standard InChI is InChI=1S/C12H20N2O3/c1-8(2)11-12(16)13-6-10(15)14(11)7-9-4-3-5-17-9/h8-9,11H,3-7H2,1-2H3,(H,13,16). The first kappa shape index (κ1) is 12.4. The lowest BCUT2D eigenvalue weighted by atomic mass is 9.98. The van der Waals surface area contributed by atoms with E-state index >= 15 is 0 Å². The first-order valence-electron chi connectivity index (χ1n) is 6.28. The van der Waals surface area contributed by atoms with Crippen LogP contribution < -0.4 is 5.32 Å². The van der Waals surface area contributed by atoms with Crippen molar-refractivity contribution in [1.29, 1.82) is 0 Å². The topological polar surface area (TPSA) is 58.6 Å². The maximum absolute atomic E-state index is 11.9. The van der Waals surface area contributed by atoms with E-state index in [1.165, 1.54) is 0 Å². The summed E-state index contributed by atoms with van der Waals surface area (Å²) in [6, 6.07) is -0.347. The molecule has 0 aromatic rings. The summed E-state index contributed by atoms with van der Waals surface area (Å²) in [7, 11) is 0. The molecule has 0 bridgehead atoms. The van der Waals surface area contributed by atoms with Crippen LogP contribution in [0, 0.1) is 5.92 Å². The maximum atomic E-state index is 11.9. The highest BCUT2D eigenvalue weighted by Gasteiger charge is 2.38. The van der Waals surface area contributed by atoms with Crippen LogP contribution >= 0.6 is 0 Å². The molecule has 0 aromatic carbocycles. The molecule has 96 valence electrons. The first-order chi connectivity index (χ1) is 8.09. The van der Waals surface area contributed by atoms with Gasteiger partial charge in [0.25, 0.3) is 0 Å². The average molecular weight is 240 g/mol. The normalized spacial score (nSPS) is 29.9. The number of amides is 2. The first-order valence-corrected chi connectivity index (χ1v) is 6.28. The molecule has 2 aliphatic heterocycles. The van der Waals surface area contributed by atoms with Gasteiger partial charge in [-0.15, -0.1) is 0 Å². The number of piperazine rings is 1. The van der Waals surface area contributed by atoms with Crippen LogP contribution in [0.4, 0.5) is 0 Å². The summed E-state index contributed by atoms with van der Waals surface area (Å²) in [6.07, 6.45) is 2.13. The van der Waals surface area contributed by atoms with Crippen molar-refractivity contribution in [3.05, 3.63) is 0 Å². The van der Waals surface area contributed by atoms with Crippen LogP contribution in [0.25, 0.3) is 0 Å². The zero-order valence-corrected chi connectivity index (χ0v) is 10.4. The number of hydrogen-bond acceptors (Lipinski definition) is 3. The highest BCUT2D eigenvalue weighted by Crippen LogP contribution is 2.19. The number of carbonyl (C=O) groups is 2. The van der Waals surface area contributed by atoms with Gasteiger partial charge in [0.2, 0.25) is 11.8 Å². The van der Waals surface area contributed by atoms with Crippen LogP contribution in [-0.4, -0.2) is 48.6 Å². The highest BCUT2D eigenvalue weighted by molar-refractivity contribution is 5.95. The van der Waals surface area contributed by atoms with E-state index in [0.717, 1.165) is 19.4 Å². The van der Waals surface area contributed by atoms with Gasteiger partial charge in [0.05, 0.1) is 12.6 Å². The van der Waals surface area contributed by atoms with Crippen molar-refractivity contribution in [2.45, 2.75) is 38.8 Å². The van der Waals surface area contributed by atoms with Gasteiger partial charge in [0.1, 0.15) is 6.04 Å². The molecule has 2 atom stereocenters. The molecular formula is C12H20N2O3. The van der Waals surface area contributed by atoms with E-state index in [4.69, 9.17) is 4.74 Å². The van der Waals surface area contributed by atoms with Gasteiger partial charge in [0, 0.05) is 13.2 Å². The van der Waals surface area contributed by atoms with E-state index < -0.39 is 0 Å². The van der Waals surface area contributed by atoms with E-state index in [1.54, 1.807) is 4.90 Å². The Labute approximate surface area is 101 Å². The molecule has 5 heteroatoms. The Morgan fingerprint density at radius 1 is 1.47 bits per heavy atom. The fourth-order valence-electron chi connectivity index (χ4n) is 2.55. The highest BCUT2D eigenvalue weighted by atomic mass is 16.5. The molecule has 2 fully saturated rings. The minimum Gasteiger partial charge on any atom is -0.376 e. The molecule has 2 amide bonds. The monoisotopic (exact) mass is 240 g/mol. The van der Waals surface area contributed by atoms with Crippen molar-refractivity contribution in [3.63, 3.8) is 0 Å². The van der Waals surface area contributed by atoms with E-state index in [-0.39, 0.29) is 36.4 Å². The molecule has 1 N–H and O–H groups in total. The van der Waals surface area contributed by atoms with Crippen LogP contribution in [0.1, 0.15) is 26.7 Å². The van der Waals surface area contributed by atoms with Gasteiger partial charge in [-0.2, -0.15) is 0 Å². The van der Waals surface area contributed by atoms with Crippen molar-refractivity contribution < 1.29 is 14.3 Å². The number of hydrogen-bond donors (Lipinski definition) is 1. The number of ether oxygens (including phenoxy) is 1. The third kappa shape index (κ3) is 2.60. The predicted octanol–water partition coefficient (Wildman–Crippen LogP) is 0.148. The molecule has 2 rings (SSSR count). The average Bonchev–Trinajstić information content (AvgIpc) is 2.76. The molecule has 2 aliphatic rings. The predicted molar refractivity (Wildman–Crippen MR) is 62.3 cm³/mol. The molecule has 0 spiro atoms. The number of rotatable bonds is 3. The summed E-state index contributed by atoms with van der Waals surface area (Å²) < 4.78 is 5.54. The minimum atomic E-state index is -0.347. The Bertz CT molecular complexity index is 311. The molecule has 0 saturated carbocycles. The minimum absolute atomic E-state index is 0.00111. The van der Waals surface area contributed by atoms with Crippen molar-refractivity contribution in [2.75, 3.05) is 19.7 Å². The largest absolute Gasteiger partial charge is 0.376 e. The summed E-state index contributed by atoms with van der Waals surface area (Å²) in [6.45, 7) is 5.37. The zero-order chi connectivity index (χ0) is 12.4. The second-order valence-electron chi connectivity index (χ2n) is 5.09. The molecule has 0 aromatic heterocycles. The Morgan fingerprint density at radius 3 is 2.82 bits per heavy atom. The fraction of sp³-hybridized carbons (Fsp3) is 0.833. The van der Waals surface area contributed by atoms with E-state index in [9.17, 15) is 9.59 Å². The van der Waals surface area contributed by atoms with E-state index in [2.05, 4.69) is 5.32 Å².